The number of hydrogen-bond donors (Lipinski definition) is 1. The lowest BCUT2D eigenvalue weighted by Crippen LogP contribution is -2.15. The third-order valence-electron chi connectivity index (χ3n) is 3.94. The maximum absolute atomic E-state index is 12.8. The van der Waals surface area contributed by atoms with Crippen molar-refractivity contribution >= 4 is 38.5 Å². The van der Waals surface area contributed by atoms with Crippen LogP contribution in [0.1, 0.15) is 18.9 Å². The highest BCUT2D eigenvalue weighted by atomic mass is 35.5. The first-order chi connectivity index (χ1) is 13.3. The number of rotatable bonds is 4. The van der Waals surface area contributed by atoms with E-state index in [1.165, 1.54) is 6.33 Å². The molecule has 1 N–H and O–H groups in total. The van der Waals surface area contributed by atoms with Gasteiger partial charge in [-0.25, -0.2) is 9.97 Å². The minimum absolute atomic E-state index is 0.0388. The number of halogens is 6. The van der Waals surface area contributed by atoms with Crippen molar-refractivity contribution in [3.8, 4) is 11.8 Å². The normalized spacial score (nSPS) is 15.0. The van der Waals surface area contributed by atoms with E-state index in [2.05, 4.69) is 27.1 Å². The summed E-state index contributed by atoms with van der Waals surface area (Å²) in [6.07, 6.45) is 1.75. The molecule has 3 nitrogen and oxygen atoms in total. The van der Waals surface area contributed by atoms with Crippen molar-refractivity contribution in [3.05, 3.63) is 59.4 Å². The molecule has 3 aromatic rings. The molecular weight excluding hydrogens is 433 g/mol. The molecule has 1 unspecified atom stereocenters. The average molecular weight is 448 g/mol. The van der Waals surface area contributed by atoms with Crippen molar-refractivity contribution in [2.75, 3.05) is 5.32 Å². The first-order valence-corrected chi connectivity index (χ1v) is 10.7. The van der Waals surface area contributed by atoms with Crippen molar-refractivity contribution in [2.24, 2.45) is 0 Å². The summed E-state index contributed by atoms with van der Waals surface area (Å²) in [6.45, 7) is 1.85. The lowest BCUT2D eigenvalue weighted by Gasteiger charge is -2.40. The molecule has 0 aliphatic carbocycles. The summed E-state index contributed by atoms with van der Waals surface area (Å²) in [5.74, 6) is 6.03. The van der Waals surface area contributed by atoms with Gasteiger partial charge in [0.2, 0.25) is 0 Å². The third-order valence-corrected chi connectivity index (χ3v) is 5.40. The molecular formula is C19H15ClF5N3S. The molecule has 0 radical (unpaired) electrons. The SMILES string of the molecule is CC(CC#Cc1ccc(S(F)(F)(F)(F)F)cc1Cl)Nc1ncnc2ccccc12. The summed E-state index contributed by atoms with van der Waals surface area (Å²) in [5, 5.41) is 3.55. The van der Waals surface area contributed by atoms with Crippen LogP contribution in [0.15, 0.2) is 53.7 Å². The molecule has 0 bridgehead atoms. The highest BCUT2D eigenvalue weighted by Gasteiger charge is 2.65. The number of hydrogen-bond acceptors (Lipinski definition) is 3. The Labute approximate surface area is 169 Å². The van der Waals surface area contributed by atoms with E-state index in [0.717, 1.165) is 17.0 Å². The zero-order valence-corrected chi connectivity index (χ0v) is 16.5. The van der Waals surface area contributed by atoms with Crippen LogP contribution in [0.25, 0.3) is 10.9 Å². The topological polar surface area (TPSA) is 37.8 Å². The smallest absolute Gasteiger partial charge is 0.310 e. The van der Waals surface area contributed by atoms with Crippen LogP contribution in [0, 0.1) is 11.8 Å². The first-order valence-electron chi connectivity index (χ1n) is 8.32. The van der Waals surface area contributed by atoms with Gasteiger partial charge in [-0.15, -0.1) is 0 Å². The van der Waals surface area contributed by atoms with E-state index in [1.807, 2.05) is 31.2 Å². The van der Waals surface area contributed by atoms with Crippen LogP contribution < -0.4 is 5.32 Å². The number of fused-ring (bicyclic) bond motifs is 1. The van der Waals surface area contributed by atoms with Gasteiger partial charge in [0.25, 0.3) is 0 Å². The number of anilines is 1. The molecule has 1 atom stereocenters. The Morgan fingerprint density at radius 2 is 1.79 bits per heavy atom. The molecule has 1 heterocycles. The van der Waals surface area contributed by atoms with Gasteiger partial charge in [0.1, 0.15) is 17.0 Å². The van der Waals surface area contributed by atoms with Crippen molar-refractivity contribution in [3.63, 3.8) is 0 Å². The van der Waals surface area contributed by atoms with Gasteiger partial charge in [0, 0.05) is 23.4 Å². The van der Waals surface area contributed by atoms with Crippen molar-refractivity contribution in [1.29, 1.82) is 0 Å². The largest absolute Gasteiger partial charge is 0.366 e. The molecule has 0 saturated carbocycles. The third kappa shape index (κ3) is 5.28. The van der Waals surface area contributed by atoms with Crippen LogP contribution in [0.2, 0.25) is 5.02 Å². The number of benzene rings is 2. The average Bonchev–Trinajstić information content (AvgIpc) is 2.61. The second-order valence-corrected chi connectivity index (χ2v) is 9.22. The summed E-state index contributed by atoms with van der Waals surface area (Å²) in [6, 6.07) is 8.65. The van der Waals surface area contributed by atoms with Gasteiger partial charge in [-0.3, -0.25) is 0 Å². The van der Waals surface area contributed by atoms with Gasteiger partial charge in [0.15, 0.2) is 0 Å². The van der Waals surface area contributed by atoms with Gasteiger partial charge in [-0.05, 0) is 37.3 Å². The molecule has 0 fully saturated rings. The standard InChI is InChI=1S/C19H15ClF5N3S/c1-13(28-19-16-7-2-3-8-18(16)26-12-27-19)5-4-6-14-9-10-15(11-17(14)20)29(21,22,23,24)25/h2-3,7-13H,5H2,1H3,(H,26,27,28). The van der Waals surface area contributed by atoms with Crippen molar-refractivity contribution in [2.45, 2.75) is 24.3 Å². The fourth-order valence-electron chi connectivity index (χ4n) is 2.54. The summed E-state index contributed by atoms with van der Waals surface area (Å²) < 4.78 is 64.1. The highest BCUT2D eigenvalue weighted by molar-refractivity contribution is 8.45. The minimum atomic E-state index is -9.77. The lowest BCUT2D eigenvalue weighted by atomic mass is 10.2. The molecule has 10 heteroatoms. The van der Waals surface area contributed by atoms with E-state index in [-0.39, 0.29) is 17.7 Å². The molecule has 0 aliphatic heterocycles. The Hall–Kier alpha value is -2.57. The predicted molar refractivity (Wildman–Crippen MR) is 107 cm³/mol. The van der Waals surface area contributed by atoms with E-state index in [9.17, 15) is 19.4 Å². The summed E-state index contributed by atoms with van der Waals surface area (Å²) in [7, 11) is -9.77. The van der Waals surface area contributed by atoms with Crippen LogP contribution in [0.5, 0.6) is 0 Å². The molecule has 1 aromatic heterocycles. The lowest BCUT2D eigenvalue weighted by molar-refractivity contribution is 0.364. The number of nitrogens with zero attached hydrogens (tertiary/aromatic N) is 2. The molecule has 0 aliphatic rings. The minimum Gasteiger partial charge on any atom is -0.366 e. The van der Waals surface area contributed by atoms with E-state index in [0.29, 0.717) is 18.3 Å². The van der Waals surface area contributed by atoms with Crippen LogP contribution >= 0.6 is 21.8 Å². The molecule has 0 saturated heterocycles. The van der Waals surface area contributed by atoms with E-state index in [1.54, 1.807) is 0 Å². The van der Waals surface area contributed by atoms with Crippen LogP contribution in [0.4, 0.5) is 25.2 Å². The summed E-state index contributed by atoms with van der Waals surface area (Å²) >= 11 is 5.72. The molecule has 0 spiro atoms. The Kier molecular flexibility index (Phi) is 4.92. The van der Waals surface area contributed by atoms with E-state index < -0.39 is 20.1 Å². The quantitative estimate of drug-likeness (QED) is 0.340. The first kappa shape index (κ1) is 21.1. The highest BCUT2D eigenvalue weighted by Crippen LogP contribution is 3.02. The Morgan fingerprint density at radius 3 is 2.48 bits per heavy atom. The van der Waals surface area contributed by atoms with Gasteiger partial charge < -0.3 is 5.32 Å². The zero-order chi connectivity index (χ0) is 21.3. The van der Waals surface area contributed by atoms with Crippen LogP contribution in [0.3, 0.4) is 0 Å². The summed E-state index contributed by atoms with van der Waals surface area (Å²) in [4.78, 5) is 6.34. The zero-order valence-electron chi connectivity index (χ0n) is 15.0. The number of nitrogens with one attached hydrogen (secondary N) is 1. The molecule has 154 valence electrons. The second-order valence-electron chi connectivity index (χ2n) is 6.40. The van der Waals surface area contributed by atoms with Crippen LogP contribution in [-0.2, 0) is 0 Å². The maximum atomic E-state index is 12.8. The monoisotopic (exact) mass is 447 g/mol. The van der Waals surface area contributed by atoms with Gasteiger partial charge in [0.05, 0.1) is 10.5 Å². The van der Waals surface area contributed by atoms with Gasteiger partial charge in [-0.2, -0.15) is 0 Å². The van der Waals surface area contributed by atoms with E-state index >= 15 is 0 Å². The number of aromatic nitrogens is 2. The van der Waals surface area contributed by atoms with Crippen LogP contribution in [-0.4, -0.2) is 16.0 Å². The molecule has 29 heavy (non-hydrogen) atoms. The van der Waals surface area contributed by atoms with Crippen molar-refractivity contribution < 1.29 is 19.4 Å². The molecule has 0 amide bonds. The van der Waals surface area contributed by atoms with E-state index in [4.69, 9.17) is 11.6 Å². The summed E-state index contributed by atoms with van der Waals surface area (Å²) in [5.41, 5.74) is 0.816. The Bertz CT molecular complexity index is 1140. The van der Waals surface area contributed by atoms with Crippen molar-refractivity contribution in [1.82, 2.24) is 9.97 Å². The Balaban J connectivity index is 1.73. The van der Waals surface area contributed by atoms with Gasteiger partial charge >= 0.3 is 10.2 Å². The number of para-hydroxylation sites is 1. The predicted octanol–water partition coefficient (Wildman–Crippen LogP) is 7.18. The molecule has 3 rings (SSSR count). The fourth-order valence-corrected chi connectivity index (χ4v) is 3.50. The second kappa shape index (κ2) is 6.75. The molecule has 2 aromatic carbocycles. The fraction of sp³-hybridized carbons (Fsp3) is 0.158. The Morgan fingerprint density at radius 1 is 1.07 bits per heavy atom. The van der Waals surface area contributed by atoms with Gasteiger partial charge in [-0.1, -0.05) is 55.0 Å². The maximum Gasteiger partial charge on any atom is 0.310 e.